The third-order valence-electron chi connectivity index (χ3n) is 9.57. The number of imide groups is 1. The largest absolute Gasteiger partial charge is 0.479 e. The molecule has 0 spiro atoms. The van der Waals surface area contributed by atoms with E-state index in [0.717, 1.165) is 19.3 Å². The second-order valence-electron chi connectivity index (χ2n) is 11.5. The first-order chi connectivity index (χ1) is 17.9. The van der Waals surface area contributed by atoms with Crippen molar-refractivity contribution in [3.05, 3.63) is 12.7 Å². The lowest BCUT2D eigenvalue weighted by Crippen LogP contribution is -2.63. The molecule has 0 aromatic carbocycles. The SMILES string of the molecule is C=C[C@]1(C)C[C@@H](OC(=O)NC(=O)O)[C@@]2(C)C3C(=O)CC[C@@]3(CC[C@H]2C)[C@@H](C)[C@@H]1O.O=C(O)C(O)C(O)C(=O)O. The quantitative estimate of drug-likeness (QED) is 0.239. The number of carboxylic acids is 2. The van der Waals surface area contributed by atoms with Crippen LogP contribution in [0.2, 0.25) is 0 Å². The van der Waals surface area contributed by atoms with Gasteiger partial charge >= 0.3 is 24.1 Å². The first kappa shape index (κ1) is 32.2. The van der Waals surface area contributed by atoms with Crippen molar-refractivity contribution in [3.8, 4) is 0 Å². The van der Waals surface area contributed by atoms with Gasteiger partial charge in [0.1, 0.15) is 11.9 Å². The summed E-state index contributed by atoms with van der Waals surface area (Å²) < 4.78 is 5.69. The molecule has 7 N–H and O–H groups in total. The first-order valence-corrected chi connectivity index (χ1v) is 12.8. The molecule has 3 aliphatic rings. The first-order valence-electron chi connectivity index (χ1n) is 12.8. The predicted molar refractivity (Wildman–Crippen MR) is 133 cm³/mol. The van der Waals surface area contributed by atoms with Gasteiger partial charge in [-0.3, -0.25) is 4.79 Å². The number of carbonyl (C=O) groups excluding carboxylic acids is 2. The van der Waals surface area contributed by atoms with Gasteiger partial charge in [0, 0.05) is 23.2 Å². The zero-order valence-corrected chi connectivity index (χ0v) is 22.5. The zero-order valence-electron chi connectivity index (χ0n) is 22.5. The minimum Gasteiger partial charge on any atom is -0.479 e. The number of ether oxygens (including phenoxy) is 1. The van der Waals surface area contributed by atoms with Crippen LogP contribution < -0.4 is 5.32 Å². The highest BCUT2D eigenvalue weighted by Crippen LogP contribution is 2.67. The summed E-state index contributed by atoms with van der Waals surface area (Å²) in [6, 6.07) is 0. The third-order valence-corrected chi connectivity index (χ3v) is 9.57. The Morgan fingerprint density at radius 2 is 1.59 bits per heavy atom. The minimum absolute atomic E-state index is 0.0989. The van der Waals surface area contributed by atoms with Gasteiger partial charge in [-0.05, 0) is 42.9 Å². The molecule has 13 heteroatoms. The van der Waals surface area contributed by atoms with E-state index in [2.05, 4.69) is 13.5 Å². The normalized spacial score (nSPS) is 38.8. The molecule has 3 unspecified atom stereocenters. The van der Waals surface area contributed by atoms with Crippen LogP contribution in [0.1, 0.15) is 59.8 Å². The number of amides is 2. The Hall–Kier alpha value is -3.03. The van der Waals surface area contributed by atoms with Crippen LogP contribution in [0.4, 0.5) is 9.59 Å². The Morgan fingerprint density at radius 3 is 2.05 bits per heavy atom. The van der Waals surface area contributed by atoms with Gasteiger partial charge in [-0.2, -0.15) is 0 Å². The number of Topliss-reactive ketones (excluding diaryl/α,β-unsaturated/α-hetero) is 1. The monoisotopic (exact) mass is 557 g/mol. The molecule has 0 saturated heterocycles. The van der Waals surface area contributed by atoms with Gasteiger partial charge in [0.2, 0.25) is 0 Å². The van der Waals surface area contributed by atoms with Gasteiger partial charge in [0.25, 0.3) is 0 Å². The number of carboxylic acid groups (broad SMARTS) is 3. The molecule has 0 aromatic rings. The molecule has 0 aliphatic heterocycles. The van der Waals surface area contributed by atoms with Crippen molar-refractivity contribution in [1.29, 1.82) is 0 Å². The number of aliphatic hydroxyl groups excluding tert-OH is 3. The average molecular weight is 558 g/mol. The molecule has 2 amide bonds. The summed E-state index contributed by atoms with van der Waals surface area (Å²) in [5.41, 5.74) is -1.75. The van der Waals surface area contributed by atoms with E-state index in [1.165, 1.54) is 0 Å². The highest BCUT2D eigenvalue weighted by molar-refractivity contribution is 5.87. The van der Waals surface area contributed by atoms with Crippen molar-refractivity contribution in [1.82, 2.24) is 5.32 Å². The molecule has 0 radical (unpaired) electrons. The average Bonchev–Trinajstić information content (AvgIpc) is 3.21. The van der Waals surface area contributed by atoms with Crippen molar-refractivity contribution >= 4 is 29.9 Å². The maximum absolute atomic E-state index is 13.2. The molecule has 10 atom stereocenters. The summed E-state index contributed by atoms with van der Waals surface area (Å²) in [6.45, 7) is 11.9. The van der Waals surface area contributed by atoms with Crippen molar-refractivity contribution in [2.75, 3.05) is 0 Å². The lowest BCUT2D eigenvalue weighted by Gasteiger charge is -2.61. The standard InChI is InChI=1S/C22H33NO6.C4H6O6/c1-6-20(4)11-15(29-19(28)23-18(26)27)21(5)12(2)7-9-22(13(3)17(20)25)10-8-14(24)16(21)22;5-1(3(7)8)2(6)4(9)10/h6,12-13,15-17,25H,1,7-11H2,2-5H3,(H,23,28)(H,26,27);1-2,5-6H,(H,7,8)(H,9,10)/t12-,13+,15-,16?,17+,20-,21+,22+;/m1./s1. The van der Waals surface area contributed by atoms with Crippen LogP contribution in [0.3, 0.4) is 0 Å². The number of alkyl carbamates (subject to hydrolysis) is 1. The highest BCUT2D eigenvalue weighted by atomic mass is 16.6. The fraction of sp³-hybridized carbons (Fsp3) is 0.731. The summed E-state index contributed by atoms with van der Waals surface area (Å²) in [5, 5.41) is 54.5. The molecule has 2 bridgehead atoms. The number of hydrogen-bond donors (Lipinski definition) is 7. The van der Waals surface area contributed by atoms with Crippen LogP contribution in [0.15, 0.2) is 12.7 Å². The van der Waals surface area contributed by atoms with Crippen LogP contribution in [0.5, 0.6) is 0 Å². The van der Waals surface area contributed by atoms with Gasteiger partial charge in [-0.25, -0.2) is 24.5 Å². The molecule has 0 aromatic heterocycles. The molecular weight excluding hydrogens is 518 g/mol. The van der Waals surface area contributed by atoms with Crippen molar-refractivity contribution in [2.24, 2.45) is 34.0 Å². The molecule has 3 fully saturated rings. The Kier molecular flexibility index (Phi) is 9.58. The van der Waals surface area contributed by atoms with E-state index in [0.29, 0.717) is 6.42 Å². The Morgan fingerprint density at radius 1 is 1.05 bits per heavy atom. The highest BCUT2D eigenvalue weighted by Gasteiger charge is 2.68. The number of aliphatic carboxylic acids is 2. The Bertz CT molecular complexity index is 997. The van der Waals surface area contributed by atoms with E-state index >= 15 is 0 Å². The van der Waals surface area contributed by atoms with Crippen LogP contribution in [0, 0.1) is 34.0 Å². The van der Waals surface area contributed by atoms with Crippen LogP contribution in [0.25, 0.3) is 0 Å². The number of rotatable bonds is 5. The lowest BCUT2D eigenvalue weighted by atomic mass is 9.44. The second-order valence-corrected chi connectivity index (χ2v) is 11.5. The Labute approximate surface area is 225 Å². The maximum atomic E-state index is 13.2. The topological polar surface area (TPSA) is 228 Å². The number of ketones is 1. The molecule has 220 valence electrons. The van der Waals surface area contributed by atoms with Gasteiger partial charge in [0.05, 0.1) is 6.10 Å². The molecule has 0 heterocycles. The minimum atomic E-state index is -2.27. The smallest absolute Gasteiger partial charge is 0.416 e. The van der Waals surface area contributed by atoms with E-state index in [1.807, 2.05) is 20.8 Å². The van der Waals surface area contributed by atoms with Crippen LogP contribution >= 0.6 is 0 Å². The Balaban J connectivity index is 0.000000455. The van der Waals surface area contributed by atoms with Crippen LogP contribution in [-0.2, 0) is 19.1 Å². The van der Waals surface area contributed by atoms with E-state index in [9.17, 15) is 29.1 Å². The molecule has 13 nitrogen and oxygen atoms in total. The summed E-state index contributed by atoms with van der Waals surface area (Å²) in [5.74, 6) is -3.72. The molecular formula is C26H39NO12. The lowest BCUT2D eigenvalue weighted by molar-refractivity contribution is -0.191. The predicted octanol–water partition coefficient (Wildman–Crippen LogP) is 1.63. The number of aliphatic hydroxyl groups is 3. The summed E-state index contributed by atoms with van der Waals surface area (Å²) >= 11 is 0. The molecule has 3 saturated carbocycles. The molecule has 39 heavy (non-hydrogen) atoms. The zero-order chi connectivity index (χ0) is 30.1. The van der Waals surface area contributed by atoms with Gasteiger partial charge in [0.15, 0.2) is 12.2 Å². The van der Waals surface area contributed by atoms with Crippen molar-refractivity contribution in [2.45, 2.75) is 84.2 Å². The summed E-state index contributed by atoms with van der Waals surface area (Å²) in [7, 11) is 0. The van der Waals surface area contributed by atoms with Crippen molar-refractivity contribution in [3.63, 3.8) is 0 Å². The molecule has 3 aliphatic carbocycles. The maximum Gasteiger partial charge on any atom is 0.416 e. The number of carbonyl (C=O) groups is 5. The van der Waals surface area contributed by atoms with Crippen LogP contribution in [-0.4, -0.2) is 85.0 Å². The summed E-state index contributed by atoms with van der Waals surface area (Å²) in [4.78, 5) is 55.9. The van der Waals surface area contributed by atoms with Crippen molar-refractivity contribution < 1.29 is 59.3 Å². The fourth-order valence-corrected chi connectivity index (χ4v) is 7.02. The van der Waals surface area contributed by atoms with Gasteiger partial charge in [-0.15, -0.1) is 6.58 Å². The van der Waals surface area contributed by atoms with E-state index in [-0.39, 0.29) is 35.4 Å². The van der Waals surface area contributed by atoms with E-state index in [1.54, 1.807) is 11.4 Å². The number of hydrogen-bond acceptors (Lipinski definition) is 9. The van der Waals surface area contributed by atoms with E-state index < -0.39 is 59.4 Å². The fourth-order valence-electron chi connectivity index (χ4n) is 7.02. The van der Waals surface area contributed by atoms with E-state index in [4.69, 9.17) is 30.3 Å². The summed E-state index contributed by atoms with van der Waals surface area (Å²) in [6.07, 6.45) is -3.68. The van der Waals surface area contributed by atoms with Gasteiger partial charge < -0.3 is 35.4 Å². The number of nitrogens with one attached hydrogen (secondary N) is 1. The second kappa shape index (κ2) is 11.6. The third kappa shape index (κ3) is 5.80. The molecule has 3 rings (SSSR count). The van der Waals surface area contributed by atoms with Gasteiger partial charge in [-0.1, -0.05) is 33.8 Å².